The molecule has 0 radical (unpaired) electrons. The highest BCUT2D eigenvalue weighted by atomic mass is 16.6. The first-order chi connectivity index (χ1) is 16.7. The molecule has 0 saturated heterocycles. The normalized spacial score (nSPS) is 12.0. The summed E-state index contributed by atoms with van der Waals surface area (Å²) in [7, 11) is 0. The highest BCUT2D eigenvalue weighted by Gasteiger charge is 2.32. The number of benzene rings is 2. The van der Waals surface area contributed by atoms with E-state index in [2.05, 4.69) is 10.6 Å². The number of non-ortho nitro benzene ring substituents is 1. The minimum atomic E-state index is -1.37. The molecule has 0 spiro atoms. The zero-order chi connectivity index (χ0) is 25.8. The molecule has 2 aromatic rings. The Morgan fingerprint density at radius 3 is 2.26 bits per heavy atom. The van der Waals surface area contributed by atoms with Crippen molar-refractivity contribution in [1.29, 1.82) is 0 Å². The molecule has 0 saturated carbocycles. The van der Waals surface area contributed by atoms with Gasteiger partial charge < -0.3 is 25.8 Å². The average molecular weight is 486 g/mol. The molecule has 2 rings (SSSR count). The second-order valence-corrected chi connectivity index (χ2v) is 7.33. The van der Waals surface area contributed by atoms with Crippen LogP contribution in [0.1, 0.15) is 30.4 Å². The van der Waals surface area contributed by atoms with Crippen LogP contribution in [-0.2, 0) is 30.5 Å². The van der Waals surface area contributed by atoms with Crippen molar-refractivity contribution in [3.8, 4) is 0 Å². The predicted octanol–water partition coefficient (Wildman–Crippen LogP) is 1.53. The third kappa shape index (κ3) is 8.76. The summed E-state index contributed by atoms with van der Waals surface area (Å²) in [6.45, 7) is 1.17. The summed E-state index contributed by atoms with van der Waals surface area (Å²) in [5.41, 5.74) is 6.41. The molecule has 4 N–H and O–H groups in total. The minimum Gasteiger partial charge on any atom is -0.466 e. The maximum atomic E-state index is 12.4. The number of nitro benzene ring substituents is 1. The molecule has 0 unspecified atom stereocenters. The number of carbonyl (C=O) groups excluding carboxylic acids is 4. The number of carbonyl (C=O) groups is 4. The van der Waals surface area contributed by atoms with E-state index in [1.165, 1.54) is 24.3 Å². The zero-order valence-corrected chi connectivity index (χ0v) is 19.0. The van der Waals surface area contributed by atoms with Crippen LogP contribution in [0.4, 0.5) is 10.5 Å². The van der Waals surface area contributed by atoms with Crippen LogP contribution in [-0.4, -0.2) is 48.0 Å². The van der Waals surface area contributed by atoms with Crippen molar-refractivity contribution in [1.82, 2.24) is 10.6 Å². The molecular formula is C23H26N4O8. The molecule has 0 heterocycles. The molecule has 186 valence electrons. The van der Waals surface area contributed by atoms with Crippen LogP contribution in [0.3, 0.4) is 0 Å². The van der Waals surface area contributed by atoms with Crippen molar-refractivity contribution < 1.29 is 33.6 Å². The van der Waals surface area contributed by atoms with Crippen LogP contribution in [0, 0.1) is 10.1 Å². The Balaban J connectivity index is 2.07. The van der Waals surface area contributed by atoms with E-state index in [1.54, 1.807) is 31.2 Å². The molecular weight excluding hydrogens is 460 g/mol. The molecule has 0 fully saturated rings. The van der Waals surface area contributed by atoms with Gasteiger partial charge in [0, 0.05) is 18.1 Å². The Hall–Kier alpha value is -4.48. The number of nitro groups is 1. The molecule has 0 aliphatic carbocycles. The molecule has 12 nitrogen and oxygen atoms in total. The Morgan fingerprint density at radius 2 is 1.69 bits per heavy atom. The standard InChI is InChI=1S/C23H26N4O8/c1-2-34-20(29)12-18(16-8-10-17(11-9-16)27(32)33)21(22(24)30)26-19(28)13-25-23(31)35-14-15-6-4-3-5-7-15/h3-11,18,21H,2,12-14H2,1H3,(H2,24,30)(H,25,31)(H,26,28)/t18-,21-/m1/s1. The number of nitrogens with one attached hydrogen (secondary N) is 2. The molecule has 3 amide bonds. The number of nitrogens with zero attached hydrogens (tertiary/aromatic N) is 1. The van der Waals surface area contributed by atoms with E-state index in [9.17, 15) is 29.3 Å². The number of amides is 3. The van der Waals surface area contributed by atoms with E-state index in [4.69, 9.17) is 15.2 Å². The lowest BCUT2D eigenvalue weighted by Gasteiger charge is -2.25. The largest absolute Gasteiger partial charge is 0.466 e. The summed E-state index contributed by atoms with van der Waals surface area (Å²) in [5, 5.41) is 15.6. The monoisotopic (exact) mass is 486 g/mol. The summed E-state index contributed by atoms with van der Waals surface area (Å²) in [6.07, 6.45) is -1.18. The molecule has 35 heavy (non-hydrogen) atoms. The van der Waals surface area contributed by atoms with Gasteiger partial charge in [-0.15, -0.1) is 0 Å². The van der Waals surface area contributed by atoms with Crippen molar-refractivity contribution >= 4 is 29.6 Å². The average Bonchev–Trinajstić information content (AvgIpc) is 2.84. The highest BCUT2D eigenvalue weighted by molar-refractivity contribution is 5.90. The van der Waals surface area contributed by atoms with Crippen molar-refractivity contribution in [3.05, 3.63) is 75.8 Å². The lowest BCUT2D eigenvalue weighted by atomic mass is 9.87. The number of hydrogen-bond acceptors (Lipinski definition) is 8. The van der Waals surface area contributed by atoms with Gasteiger partial charge in [-0.1, -0.05) is 42.5 Å². The maximum absolute atomic E-state index is 12.4. The fourth-order valence-corrected chi connectivity index (χ4v) is 3.19. The molecule has 0 bridgehead atoms. The van der Waals surface area contributed by atoms with E-state index in [1.807, 2.05) is 6.07 Å². The molecule has 0 aromatic heterocycles. The summed E-state index contributed by atoms with van der Waals surface area (Å²) in [5.74, 6) is -3.33. The molecule has 2 atom stereocenters. The fraction of sp³-hybridized carbons (Fsp3) is 0.304. The second-order valence-electron chi connectivity index (χ2n) is 7.33. The van der Waals surface area contributed by atoms with E-state index >= 15 is 0 Å². The summed E-state index contributed by atoms with van der Waals surface area (Å²) in [6, 6.07) is 12.7. The van der Waals surface area contributed by atoms with Crippen molar-refractivity contribution in [2.75, 3.05) is 13.2 Å². The third-order valence-corrected chi connectivity index (χ3v) is 4.86. The van der Waals surface area contributed by atoms with Gasteiger partial charge in [-0.25, -0.2) is 4.79 Å². The van der Waals surface area contributed by atoms with E-state index in [0.717, 1.165) is 5.56 Å². The Kier molecular flexibility index (Phi) is 10.2. The van der Waals surface area contributed by atoms with Gasteiger partial charge in [-0.2, -0.15) is 0 Å². The van der Waals surface area contributed by atoms with Crippen molar-refractivity contribution in [3.63, 3.8) is 0 Å². The number of primary amides is 1. The first-order valence-corrected chi connectivity index (χ1v) is 10.6. The number of nitrogens with two attached hydrogens (primary N) is 1. The first kappa shape index (κ1) is 26.8. The Morgan fingerprint density at radius 1 is 1.03 bits per heavy atom. The van der Waals surface area contributed by atoms with Gasteiger partial charge in [-0.05, 0) is 18.1 Å². The Bertz CT molecular complexity index is 1040. The van der Waals surface area contributed by atoms with Gasteiger partial charge in [0.2, 0.25) is 11.8 Å². The molecule has 0 aliphatic rings. The first-order valence-electron chi connectivity index (χ1n) is 10.6. The zero-order valence-electron chi connectivity index (χ0n) is 19.0. The summed E-state index contributed by atoms with van der Waals surface area (Å²) in [4.78, 5) is 59.0. The van der Waals surface area contributed by atoms with Gasteiger partial charge in [0.15, 0.2) is 0 Å². The van der Waals surface area contributed by atoms with Crippen LogP contribution in [0.15, 0.2) is 54.6 Å². The van der Waals surface area contributed by atoms with Crippen LogP contribution < -0.4 is 16.4 Å². The molecule has 2 aromatic carbocycles. The minimum absolute atomic E-state index is 0.0000383. The van der Waals surface area contributed by atoms with Gasteiger partial charge >= 0.3 is 12.1 Å². The highest BCUT2D eigenvalue weighted by Crippen LogP contribution is 2.26. The van der Waals surface area contributed by atoms with Gasteiger partial charge in [0.1, 0.15) is 19.2 Å². The fourth-order valence-electron chi connectivity index (χ4n) is 3.19. The predicted molar refractivity (Wildman–Crippen MR) is 123 cm³/mol. The van der Waals surface area contributed by atoms with E-state index in [0.29, 0.717) is 5.56 Å². The summed E-state index contributed by atoms with van der Waals surface area (Å²) < 4.78 is 9.97. The van der Waals surface area contributed by atoms with Crippen molar-refractivity contribution in [2.45, 2.75) is 31.9 Å². The van der Waals surface area contributed by atoms with Crippen molar-refractivity contribution in [2.24, 2.45) is 5.73 Å². The number of alkyl carbamates (subject to hydrolysis) is 1. The van der Waals surface area contributed by atoms with Crippen LogP contribution >= 0.6 is 0 Å². The number of esters is 1. The number of rotatable bonds is 12. The number of ether oxygens (including phenoxy) is 2. The SMILES string of the molecule is CCOC(=O)C[C@H](c1ccc([N+](=O)[O-])cc1)[C@@H](NC(=O)CNC(=O)OCc1ccccc1)C(N)=O. The smallest absolute Gasteiger partial charge is 0.407 e. The molecule has 12 heteroatoms. The van der Waals surface area contributed by atoms with E-state index in [-0.39, 0.29) is 25.3 Å². The molecule has 0 aliphatic heterocycles. The van der Waals surface area contributed by atoms with E-state index < -0.39 is 47.3 Å². The second kappa shape index (κ2) is 13.3. The lowest BCUT2D eigenvalue weighted by molar-refractivity contribution is -0.384. The van der Waals surface area contributed by atoms with Gasteiger partial charge in [-0.3, -0.25) is 24.5 Å². The van der Waals surface area contributed by atoms with Gasteiger partial charge in [0.05, 0.1) is 18.0 Å². The third-order valence-electron chi connectivity index (χ3n) is 4.86. The quantitative estimate of drug-likeness (QED) is 0.229. The maximum Gasteiger partial charge on any atom is 0.407 e. The van der Waals surface area contributed by atoms with Gasteiger partial charge in [0.25, 0.3) is 5.69 Å². The van der Waals surface area contributed by atoms with Crippen LogP contribution in [0.5, 0.6) is 0 Å². The lowest BCUT2D eigenvalue weighted by Crippen LogP contribution is -2.51. The number of hydrogen-bond donors (Lipinski definition) is 3. The topological polar surface area (TPSA) is 180 Å². The van der Waals surface area contributed by atoms with Crippen LogP contribution in [0.25, 0.3) is 0 Å². The van der Waals surface area contributed by atoms with Crippen LogP contribution in [0.2, 0.25) is 0 Å². The summed E-state index contributed by atoms with van der Waals surface area (Å²) >= 11 is 0. The Labute approximate surface area is 200 Å².